The Morgan fingerprint density at radius 2 is 1.81 bits per heavy atom. The number of carbonyl (C=O) groups is 1. The van der Waals surface area contributed by atoms with Crippen LogP contribution < -0.4 is 15.4 Å². The molecule has 0 saturated heterocycles. The summed E-state index contributed by atoms with van der Waals surface area (Å²) < 4.78 is 19.6. The zero-order chi connectivity index (χ0) is 19.2. The Morgan fingerprint density at radius 3 is 2.46 bits per heavy atom. The number of halogens is 2. The van der Waals surface area contributed by atoms with Crippen LogP contribution in [-0.2, 0) is 17.9 Å². The van der Waals surface area contributed by atoms with Crippen LogP contribution in [0.2, 0.25) is 0 Å². The van der Waals surface area contributed by atoms with Gasteiger partial charge in [0.25, 0.3) is 5.91 Å². The van der Waals surface area contributed by atoms with E-state index in [1.807, 2.05) is 39.0 Å². The molecule has 0 unspecified atom stereocenters. The van der Waals surface area contributed by atoms with E-state index in [2.05, 4.69) is 26.6 Å². The topological polar surface area (TPSA) is 50.4 Å². The van der Waals surface area contributed by atoms with Crippen LogP contribution >= 0.6 is 15.9 Å². The molecule has 0 atom stereocenters. The summed E-state index contributed by atoms with van der Waals surface area (Å²) in [5, 5.41) is 6.18. The van der Waals surface area contributed by atoms with Crippen molar-refractivity contribution in [2.45, 2.75) is 39.4 Å². The third-order valence-corrected chi connectivity index (χ3v) is 3.95. The second-order valence-corrected chi connectivity index (χ2v) is 7.98. The lowest BCUT2D eigenvalue weighted by molar-refractivity contribution is -0.124. The Morgan fingerprint density at radius 1 is 1.12 bits per heavy atom. The zero-order valence-corrected chi connectivity index (χ0v) is 16.8. The van der Waals surface area contributed by atoms with E-state index in [4.69, 9.17) is 4.74 Å². The minimum atomic E-state index is -0.292. The molecule has 0 aliphatic heterocycles. The summed E-state index contributed by atoms with van der Waals surface area (Å²) in [6, 6.07) is 12.0. The summed E-state index contributed by atoms with van der Waals surface area (Å²) in [5.41, 5.74) is 1.64. The van der Waals surface area contributed by atoms with Crippen LogP contribution in [0.5, 0.6) is 5.75 Å². The summed E-state index contributed by atoms with van der Waals surface area (Å²) in [7, 11) is 0. The van der Waals surface area contributed by atoms with E-state index >= 15 is 0 Å². The molecule has 140 valence electrons. The lowest BCUT2D eigenvalue weighted by Gasteiger charge is -2.21. The monoisotopic (exact) mass is 422 g/mol. The fraction of sp³-hybridized carbons (Fsp3) is 0.350. The average Bonchev–Trinajstić information content (AvgIpc) is 2.54. The van der Waals surface area contributed by atoms with Crippen molar-refractivity contribution in [1.82, 2.24) is 10.6 Å². The normalized spacial score (nSPS) is 11.3. The van der Waals surface area contributed by atoms with E-state index in [0.717, 1.165) is 15.6 Å². The van der Waals surface area contributed by atoms with Crippen LogP contribution in [0.15, 0.2) is 46.9 Å². The Kier molecular flexibility index (Phi) is 7.17. The largest absolute Gasteiger partial charge is 0.483 e. The van der Waals surface area contributed by atoms with Crippen molar-refractivity contribution in [3.05, 3.63) is 63.9 Å². The van der Waals surface area contributed by atoms with E-state index < -0.39 is 0 Å². The SMILES string of the molecule is CC(C)(C)NC(=O)COc1ccc(Br)cc1CNCc1ccc(F)cc1. The molecular weight excluding hydrogens is 399 g/mol. The van der Waals surface area contributed by atoms with Crippen molar-refractivity contribution >= 4 is 21.8 Å². The van der Waals surface area contributed by atoms with Gasteiger partial charge in [-0.15, -0.1) is 0 Å². The number of hydrogen-bond acceptors (Lipinski definition) is 3. The maximum Gasteiger partial charge on any atom is 0.258 e. The Bertz CT molecular complexity index is 742. The number of rotatable bonds is 7. The third-order valence-electron chi connectivity index (χ3n) is 3.45. The second kappa shape index (κ2) is 9.14. The predicted octanol–water partition coefficient (Wildman–Crippen LogP) is 4.17. The van der Waals surface area contributed by atoms with Crippen molar-refractivity contribution in [1.29, 1.82) is 0 Å². The lowest BCUT2D eigenvalue weighted by atomic mass is 10.1. The molecule has 0 aliphatic carbocycles. The third kappa shape index (κ3) is 7.14. The molecule has 0 aliphatic rings. The maximum absolute atomic E-state index is 12.9. The first-order valence-electron chi connectivity index (χ1n) is 8.40. The fourth-order valence-electron chi connectivity index (χ4n) is 2.37. The molecule has 6 heteroatoms. The first-order valence-corrected chi connectivity index (χ1v) is 9.20. The quantitative estimate of drug-likeness (QED) is 0.703. The first-order chi connectivity index (χ1) is 12.2. The van der Waals surface area contributed by atoms with Crippen molar-refractivity contribution in [3.8, 4) is 5.75 Å². The fourth-order valence-corrected chi connectivity index (χ4v) is 2.78. The van der Waals surface area contributed by atoms with Crippen LogP contribution in [0.1, 0.15) is 31.9 Å². The van der Waals surface area contributed by atoms with E-state index in [1.54, 1.807) is 12.1 Å². The molecule has 0 heterocycles. The molecule has 2 aromatic carbocycles. The Balaban J connectivity index is 1.94. The summed E-state index contributed by atoms with van der Waals surface area (Å²) in [4.78, 5) is 11.9. The van der Waals surface area contributed by atoms with Gasteiger partial charge >= 0.3 is 0 Å². The molecule has 4 nitrogen and oxygen atoms in total. The van der Waals surface area contributed by atoms with Gasteiger partial charge < -0.3 is 15.4 Å². The molecule has 2 aromatic rings. The van der Waals surface area contributed by atoms with Gasteiger partial charge in [0.05, 0.1) is 0 Å². The van der Waals surface area contributed by atoms with Gasteiger partial charge in [-0.25, -0.2) is 4.39 Å². The Hall–Kier alpha value is -1.92. The zero-order valence-electron chi connectivity index (χ0n) is 15.2. The summed E-state index contributed by atoms with van der Waals surface area (Å²) in [6.07, 6.45) is 0. The minimum Gasteiger partial charge on any atom is -0.483 e. The molecule has 1 amide bonds. The van der Waals surface area contributed by atoms with Crippen molar-refractivity contribution in [2.75, 3.05) is 6.61 Å². The van der Waals surface area contributed by atoms with E-state index in [9.17, 15) is 9.18 Å². The summed E-state index contributed by atoms with van der Waals surface area (Å²) in [6.45, 7) is 6.91. The molecule has 2 N–H and O–H groups in total. The predicted molar refractivity (Wildman–Crippen MR) is 104 cm³/mol. The molecule has 0 spiro atoms. The number of carbonyl (C=O) groups excluding carboxylic acids is 1. The summed E-state index contributed by atoms with van der Waals surface area (Å²) in [5.74, 6) is 0.250. The van der Waals surface area contributed by atoms with Gasteiger partial charge in [-0.2, -0.15) is 0 Å². The minimum absolute atomic E-state index is 0.0378. The highest BCUT2D eigenvalue weighted by Gasteiger charge is 2.14. The number of amides is 1. The molecule has 0 aromatic heterocycles. The van der Waals surface area contributed by atoms with Gasteiger partial charge in [0.2, 0.25) is 0 Å². The number of benzene rings is 2. The Labute approximate surface area is 162 Å². The van der Waals surface area contributed by atoms with E-state index in [1.165, 1.54) is 12.1 Å². The average molecular weight is 423 g/mol. The van der Waals surface area contributed by atoms with Gasteiger partial charge in [0.15, 0.2) is 6.61 Å². The maximum atomic E-state index is 12.9. The van der Waals surface area contributed by atoms with Crippen molar-refractivity contribution in [3.63, 3.8) is 0 Å². The second-order valence-electron chi connectivity index (χ2n) is 7.07. The van der Waals surface area contributed by atoms with Crippen molar-refractivity contribution < 1.29 is 13.9 Å². The molecule has 0 saturated carbocycles. The highest BCUT2D eigenvalue weighted by Crippen LogP contribution is 2.23. The van der Waals surface area contributed by atoms with Crippen LogP contribution in [0.25, 0.3) is 0 Å². The van der Waals surface area contributed by atoms with Crippen LogP contribution in [0.4, 0.5) is 4.39 Å². The number of ether oxygens (including phenoxy) is 1. The van der Waals surface area contributed by atoms with Crippen molar-refractivity contribution in [2.24, 2.45) is 0 Å². The van der Waals surface area contributed by atoms with E-state index in [0.29, 0.717) is 18.8 Å². The number of hydrogen-bond donors (Lipinski definition) is 2. The summed E-state index contributed by atoms with van der Waals surface area (Å²) >= 11 is 3.46. The smallest absolute Gasteiger partial charge is 0.258 e. The molecule has 2 rings (SSSR count). The van der Waals surface area contributed by atoms with Crippen LogP contribution in [0, 0.1) is 5.82 Å². The molecule has 0 bridgehead atoms. The van der Waals surface area contributed by atoms with Gasteiger partial charge in [-0.1, -0.05) is 28.1 Å². The van der Waals surface area contributed by atoms with Crippen LogP contribution in [0.3, 0.4) is 0 Å². The van der Waals surface area contributed by atoms with Gasteiger partial charge in [0.1, 0.15) is 11.6 Å². The first kappa shape index (κ1) is 20.4. The molecule has 0 radical (unpaired) electrons. The molecular formula is C20H24BrFN2O2. The lowest BCUT2D eigenvalue weighted by Crippen LogP contribution is -2.43. The van der Waals surface area contributed by atoms with Gasteiger partial charge in [-0.05, 0) is 56.7 Å². The molecule has 0 fully saturated rings. The van der Waals surface area contributed by atoms with Crippen LogP contribution in [-0.4, -0.2) is 18.1 Å². The van der Waals surface area contributed by atoms with E-state index in [-0.39, 0.29) is 23.9 Å². The highest BCUT2D eigenvalue weighted by molar-refractivity contribution is 9.10. The molecule has 26 heavy (non-hydrogen) atoms. The number of nitrogens with one attached hydrogen (secondary N) is 2. The van der Waals surface area contributed by atoms with Gasteiger partial charge in [-0.3, -0.25) is 4.79 Å². The standard InChI is InChI=1S/C20H24BrFN2O2/c1-20(2,3)24-19(25)13-26-18-9-6-16(21)10-15(18)12-23-11-14-4-7-17(22)8-5-14/h4-10,23H,11-13H2,1-3H3,(H,24,25). The van der Waals surface area contributed by atoms with Gasteiger partial charge in [0, 0.05) is 28.7 Å². The highest BCUT2D eigenvalue weighted by atomic mass is 79.9.